The first-order valence-electron chi connectivity index (χ1n) is 19.7. The van der Waals surface area contributed by atoms with Gasteiger partial charge in [-0.25, -0.2) is 0 Å². The van der Waals surface area contributed by atoms with Gasteiger partial charge >= 0.3 is 0 Å². The van der Waals surface area contributed by atoms with Crippen molar-refractivity contribution in [3.05, 3.63) is 144 Å². The molecule has 3 fully saturated rings. The second-order valence-corrected chi connectivity index (χ2v) is 15.2. The smallest absolute Gasteiger partial charge is 0.133 e. The van der Waals surface area contributed by atoms with Crippen molar-refractivity contribution in [2.45, 2.75) is 102 Å². The van der Waals surface area contributed by atoms with Gasteiger partial charge in [-0.15, -0.1) is 0 Å². The molecule has 7 rings (SSSR count). The largest absolute Gasteiger partial charge is 0.305 e. The lowest BCUT2D eigenvalue weighted by atomic mass is 9.88. The average Bonchev–Trinajstić information content (AvgIpc) is 3.41. The molecule has 5 heteroatoms. The van der Waals surface area contributed by atoms with Crippen LogP contribution in [0, 0.1) is 0 Å². The predicted octanol–water partition coefficient (Wildman–Crippen LogP) is 8.84. The first-order valence-corrected chi connectivity index (χ1v) is 19.7. The van der Waals surface area contributed by atoms with E-state index in [1.54, 1.807) is 0 Å². The minimum Gasteiger partial charge on any atom is -0.305 e. The Morgan fingerprint density at radius 2 is 0.882 bits per heavy atom. The number of nitrogens with zero attached hydrogens (tertiary/aromatic N) is 4. The molecular weight excluding hydrogens is 625 g/mol. The van der Waals surface area contributed by atoms with Crippen LogP contribution < -0.4 is 0 Å². The summed E-state index contributed by atoms with van der Waals surface area (Å²) in [4.78, 5) is 22.1. The quantitative estimate of drug-likeness (QED) is 0.158. The van der Waals surface area contributed by atoms with Gasteiger partial charge in [-0.2, -0.15) is 0 Å². The van der Waals surface area contributed by atoms with Crippen LogP contribution in [0.3, 0.4) is 0 Å². The highest BCUT2D eigenvalue weighted by Gasteiger charge is 2.30. The molecule has 0 unspecified atom stereocenters. The molecule has 2 saturated carbocycles. The van der Waals surface area contributed by atoms with Crippen molar-refractivity contribution in [2.75, 3.05) is 33.2 Å². The summed E-state index contributed by atoms with van der Waals surface area (Å²) >= 11 is 0. The summed E-state index contributed by atoms with van der Waals surface area (Å²) in [5, 5.41) is 0. The number of likely N-dealkylation sites (N-methyl/N-ethyl adjacent to an activating group) is 1. The van der Waals surface area contributed by atoms with Crippen LogP contribution in [0.4, 0.5) is 0 Å². The van der Waals surface area contributed by atoms with Crippen molar-refractivity contribution in [3.63, 3.8) is 0 Å². The molecule has 0 bridgehead atoms. The lowest BCUT2D eigenvalue weighted by Gasteiger charge is -2.40. The fraction of sp³-hybridized carbons (Fsp3) is 0.457. The highest BCUT2D eigenvalue weighted by Crippen LogP contribution is 2.30. The normalized spacial score (nSPS) is 20.9. The van der Waals surface area contributed by atoms with E-state index in [2.05, 4.69) is 148 Å². The minimum atomic E-state index is 0.427. The van der Waals surface area contributed by atoms with Gasteiger partial charge in [-0.05, 0) is 87.3 Å². The second kappa shape index (κ2) is 19.8. The third-order valence-corrected chi connectivity index (χ3v) is 11.4. The van der Waals surface area contributed by atoms with Gasteiger partial charge in [0.2, 0.25) is 0 Å². The molecule has 0 spiro atoms. The molecule has 0 aromatic heterocycles. The lowest BCUT2D eigenvalue weighted by Crippen LogP contribution is -2.44. The number of carbonyl (C=O) groups excluding carboxylic acids is 1. The lowest BCUT2D eigenvalue weighted by molar-refractivity contribution is -0.121. The number of benzene rings is 4. The molecule has 3 aliphatic rings. The number of ketones is 1. The van der Waals surface area contributed by atoms with Crippen LogP contribution in [0.1, 0.15) is 80.0 Å². The van der Waals surface area contributed by atoms with Gasteiger partial charge in [0.15, 0.2) is 0 Å². The van der Waals surface area contributed by atoms with Crippen LogP contribution in [0.15, 0.2) is 121 Å². The highest BCUT2D eigenvalue weighted by molar-refractivity contribution is 5.79. The van der Waals surface area contributed by atoms with Crippen molar-refractivity contribution in [1.82, 2.24) is 19.6 Å². The van der Waals surface area contributed by atoms with E-state index in [9.17, 15) is 4.79 Å². The third-order valence-electron chi connectivity index (χ3n) is 11.4. The van der Waals surface area contributed by atoms with E-state index in [4.69, 9.17) is 0 Å². The van der Waals surface area contributed by atoms with Crippen molar-refractivity contribution in [1.29, 1.82) is 0 Å². The van der Waals surface area contributed by atoms with E-state index >= 15 is 0 Å². The molecule has 1 aliphatic heterocycles. The number of carbonyl (C=O) groups is 1. The number of Topliss-reactive ketones (excluding diaryl/α,β-unsaturated/α-hetero) is 1. The van der Waals surface area contributed by atoms with Crippen molar-refractivity contribution >= 4 is 5.78 Å². The number of rotatable bonds is 11. The predicted molar refractivity (Wildman–Crippen MR) is 211 cm³/mol. The molecule has 5 nitrogen and oxygen atoms in total. The Labute approximate surface area is 308 Å². The Hall–Kier alpha value is -3.61. The average molecular weight is 685 g/mol. The molecular formula is C46H60N4O. The molecule has 4 aromatic rings. The van der Waals surface area contributed by atoms with Gasteiger partial charge in [0.25, 0.3) is 0 Å². The summed E-state index contributed by atoms with van der Waals surface area (Å²) in [6.45, 7) is 9.05. The molecule has 0 N–H and O–H groups in total. The van der Waals surface area contributed by atoms with Crippen LogP contribution in [0.5, 0.6) is 0 Å². The molecule has 0 radical (unpaired) electrons. The fourth-order valence-corrected chi connectivity index (χ4v) is 8.41. The molecule has 1 saturated heterocycles. The zero-order valence-corrected chi connectivity index (χ0v) is 31.0. The van der Waals surface area contributed by atoms with Gasteiger partial charge in [0, 0.05) is 70.2 Å². The van der Waals surface area contributed by atoms with Crippen LogP contribution in [0.25, 0.3) is 0 Å². The Kier molecular flexibility index (Phi) is 14.5. The summed E-state index contributed by atoms with van der Waals surface area (Å²) in [6, 6.07) is 45.3. The van der Waals surface area contributed by atoms with Gasteiger partial charge in [-0.3, -0.25) is 19.5 Å². The molecule has 4 aromatic carbocycles. The molecule has 2 aliphatic carbocycles. The Bertz CT molecular complexity index is 1450. The molecule has 51 heavy (non-hydrogen) atoms. The summed E-state index contributed by atoms with van der Waals surface area (Å²) in [5.41, 5.74) is 5.55. The second-order valence-electron chi connectivity index (χ2n) is 15.2. The van der Waals surface area contributed by atoms with Gasteiger partial charge in [-0.1, -0.05) is 121 Å². The zero-order valence-electron chi connectivity index (χ0n) is 31.0. The highest BCUT2D eigenvalue weighted by atomic mass is 16.1. The van der Waals surface area contributed by atoms with E-state index in [-0.39, 0.29) is 0 Å². The topological polar surface area (TPSA) is 30.0 Å². The monoisotopic (exact) mass is 684 g/mol. The maximum absolute atomic E-state index is 11.5. The summed E-state index contributed by atoms with van der Waals surface area (Å²) in [5.74, 6) is 0.427. The number of hydrogen-bond donors (Lipinski definition) is 0. The van der Waals surface area contributed by atoms with Gasteiger partial charge in [0.1, 0.15) is 5.78 Å². The fourth-order valence-electron chi connectivity index (χ4n) is 8.41. The van der Waals surface area contributed by atoms with Crippen LogP contribution in [0.2, 0.25) is 0 Å². The molecule has 0 amide bonds. The molecule has 270 valence electrons. The van der Waals surface area contributed by atoms with Crippen LogP contribution in [-0.4, -0.2) is 76.7 Å². The molecule has 0 atom stereocenters. The summed E-state index contributed by atoms with van der Waals surface area (Å²) < 4.78 is 0. The Balaban J connectivity index is 0.000000183. The zero-order chi connectivity index (χ0) is 35.1. The molecule has 1 heterocycles. The van der Waals surface area contributed by atoms with Gasteiger partial charge in [0.05, 0.1) is 0 Å². The Morgan fingerprint density at radius 3 is 1.29 bits per heavy atom. The first kappa shape index (κ1) is 37.2. The SMILES string of the molecule is CN1CCCN(C2CCC(N(Cc3ccccc3)Cc3ccccc3)CC2)CC1.O=C1CCC(N(Cc2ccccc2)Cc2ccccc2)CC1. The number of hydrogen-bond acceptors (Lipinski definition) is 5. The van der Waals surface area contributed by atoms with E-state index in [1.165, 1.54) is 80.5 Å². The van der Waals surface area contributed by atoms with E-state index < -0.39 is 0 Å². The van der Waals surface area contributed by atoms with Crippen LogP contribution >= 0.6 is 0 Å². The van der Waals surface area contributed by atoms with Crippen molar-refractivity contribution in [2.24, 2.45) is 0 Å². The Morgan fingerprint density at radius 1 is 0.490 bits per heavy atom. The summed E-state index contributed by atoms with van der Waals surface area (Å²) in [6.07, 6.45) is 10.2. The van der Waals surface area contributed by atoms with Crippen molar-refractivity contribution in [3.8, 4) is 0 Å². The van der Waals surface area contributed by atoms with Gasteiger partial charge < -0.3 is 4.90 Å². The third kappa shape index (κ3) is 12.0. The van der Waals surface area contributed by atoms with Crippen molar-refractivity contribution < 1.29 is 4.79 Å². The van der Waals surface area contributed by atoms with E-state index in [0.717, 1.165) is 57.9 Å². The first-order chi connectivity index (χ1) is 25.1. The van der Waals surface area contributed by atoms with Crippen LogP contribution in [-0.2, 0) is 31.0 Å². The maximum Gasteiger partial charge on any atom is 0.133 e. The standard InChI is InChI=1S/C26H37N3.C20H23NO/c1-27-17-8-18-28(20-19-27)25-13-15-26(16-14-25)29(21-23-9-4-2-5-10-23)22-24-11-6-3-7-12-24;22-20-13-11-19(12-14-20)21(15-17-7-3-1-4-8-17)16-18-9-5-2-6-10-18/h2-7,9-12,25-26H,8,13-22H2,1H3;1-10,19H,11-16H2. The van der Waals surface area contributed by atoms with E-state index in [1.807, 2.05) is 0 Å². The maximum atomic E-state index is 11.5. The van der Waals surface area contributed by atoms with E-state index in [0.29, 0.717) is 17.9 Å². The minimum absolute atomic E-state index is 0.427. The summed E-state index contributed by atoms with van der Waals surface area (Å²) in [7, 11) is 2.27.